The van der Waals surface area contributed by atoms with Gasteiger partial charge in [-0.15, -0.1) is 0 Å². The van der Waals surface area contributed by atoms with Crippen molar-refractivity contribution in [1.29, 1.82) is 0 Å². The normalized spacial score (nSPS) is 30.0. The van der Waals surface area contributed by atoms with E-state index >= 15 is 0 Å². The van der Waals surface area contributed by atoms with Crippen LogP contribution in [0.5, 0.6) is 0 Å². The summed E-state index contributed by atoms with van der Waals surface area (Å²) >= 11 is 0. The first-order chi connectivity index (χ1) is 5.59. The number of ketones is 1. The van der Waals surface area contributed by atoms with Crippen LogP contribution < -0.4 is 0 Å². The molecule has 1 fully saturated rings. The number of hydrogen-bond acceptors (Lipinski definition) is 3. The van der Waals surface area contributed by atoms with Gasteiger partial charge < -0.3 is 4.74 Å². The fourth-order valence-electron chi connectivity index (χ4n) is 1.46. The predicted molar refractivity (Wildman–Crippen MR) is 43.6 cm³/mol. The molecule has 1 rings (SSSR count). The van der Waals surface area contributed by atoms with Crippen molar-refractivity contribution in [2.75, 3.05) is 0 Å². The molecule has 0 aromatic rings. The van der Waals surface area contributed by atoms with Crippen LogP contribution >= 0.6 is 0 Å². The summed E-state index contributed by atoms with van der Waals surface area (Å²) in [6.07, 6.45) is 1.91. The third-order valence-corrected chi connectivity index (χ3v) is 2.23. The van der Waals surface area contributed by atoms with Gasteiger partial charge in [-0.1, -0.05) is 6.92 Å². The van der Waals surface area contributed by atoms with Gasteiger partial charge in [-0.25, -0.2) is 0 Å². The number of carbonyl (C=O) groups excluding carboxylic acids is 2. The third kappa shape index (κ3) is 2.32. The van der Waals surface area contributed by atoms with Crippen LogP contribution in [-0.2, 0) is 14.3 Å². The molecule has 0 N–H and O–H groups in total. The van der Waals surface area contributed by atoms with Crippen LogP contribution in [0.3, 0.4) is 0 Å². The molecule has 0 aromatic carbocycles. The summed E-state index contributed by atoms with van der Waals surface area (Å²) in [6.45, 7) is 3.30. The molecule has 0 saturated heterocycles. The molecule has 0 aliphatic heterocycles. The van der Waals surface area contributed by atoms with E-state index in [1.54, 1.807) is 0 Å². The molecule has 68 valence electrons. The smallest absolute Gasteiger partial charge is 0.302 e. The lowest BCUT2D eigenvalue weighted by molar-refractivity contribution is -0.150. The zero-order valence-corrected chi connectivity index (χ0v) is 7.50. The molecule has 0 amide bonds. The Hall–Kier alpha value is -0.860. The summed E-state index contributed by atoms with van der Waals surface area (Å²) < 4.78 is 4.95. The largest absolute Gasteiger partial charge is 0.462 e. The lowest BCUT2D eigenvalue weighted by Crippen LogP contribution is -2.29. The lowest BCUT2D eigenvalue weighted by atomic mass is 9.87. The highest BCUT2D eigenvalue weighted by Crippen LogP contribution is 2.22. The van der Waals surface area contributed by atoms with Crippen molar-refractivity contribution in [2.24, 2.45) is 5.92 Å². The van der Waals surface area contributed by atoms with Gasteiger partial charge in [0, 0.05) is 19.3 Å². The molecule has 0 unspecified atom stereocenters. The zero-order chi connectivity index (χ0) is 9.14. The van der Waals surface area contributed by atoms with E-state index in [4.69, 9.17) is 4.74 Å². The Morgan fingerprint density at radius 1 is 1.50 bits per heavy atom. The minimum atomic E-state index is -0.289. The fourth-order valence-corrected chi connectivity index (χ4v) is 1.46. The van der Waals surface area contributed by atoms with Crippen LogP contribution in [0.15, 0.2) is 0 Å². The van der Waals surface area contributed by atoms with Crippen molar-refractivity contribution in [2.45, 2.75) is 39.2 Å². The Balaban J connectivity index is 2.40. The van der Waals surface area contributed by atoms with Gasteiger partial charge in [0.25, 0.3) is 0 Å². The number of Topliss-reactive ketones (excluding diaryl/α,β-unsaturated/α-hetero) is 1. The maximum atomic E-state index is 11.2. The molecule has 0 bridgehead atoms. The second-order valence-electron chi connectivity index (χ2n) is 3.38. The minimum Gasteiger partial charge on any atom is -0.462 e. The second kappa shape index (κ2) is 3.70. The molecule has 3 nitrogen and oxygen atoms in total. The van der Waals surface area contributed by atoms with E-state index < -0.39 is 0 Å². The summed E-state index contributed by atoms with van der Waals surface area (Å²) in [5, 5.41) is 0. The van der Waals surface area contributed by atoms with Crippen LogP contribution in [0.25, 0.3) is 0 Å². The van der Waals surface area contributed by atoms with Crippen LogP contribution in [0.1, 0.15) is 33.1 Å². The first kappa shape index (κ1) is 9.23. The Morgan fingerprint density at radius 3 is 2.67 bits per heavy atom. The van der Waals surface area contributed by atoms with E-state index in [0.717, 1.165) is 12.8 Å². The van der Waals surface area contributed by atoms with Gasteiger partial charge in [-0.3, -0.25) is 9.59 Å². The van der Waals surface area contributed by atoms with E-state index in [9.17, 15) is 9.59 Å². The fraction of sp³-hybridized carbons (Fsp3) is 0.778. The van der Waals surface area contributed by atoms with Crippen LogP contribution in [0.4, 0.5) is 0 Å². The highest BCUT2D eigenvalue weighted by atomic mass is 16.5. The molecule has 12 heavy (non-hydrogen) atoms. The molecular formula is C9H14O3. The summed E-state index contributed by atoms with van der Waals surface area (Å²) in [5.74, 6) is 0.0756. The van der Waals surface area contributed by atoms with Crippen molar-refractivity contribution >= 4 is 11.8 Å². The van der Waals surface area contributed by atoms with E-state index in [0.29, 0.717) is 6.42 Å². The van der Waals surface area contributed by atoms with Gasteiger partial charge in [0.05, 0.1) is 0 Å². The van der Waals surface area contributed by atoms with Crippen molar-refractivity contribution in [3.05, 3.63) is 0 Å². The maximum Gasteiger partial charge on any atom is 0.302 e. The van der Waals surface area contributed by atoms with E-state index in [-0.39, 0.29) is 23.8 Å². The summed E-state index contributed by atoms with van der Waals surface area (Å²) in [7, 11) is 0. The van der Waals surface area contributed by atoms with Gasteiger partial charge >= 0.3 is 5.97 Å². The molecule has 0 aromatic heterocycles. The Labute approximate surface area is 72.1 Å². The third-order valence-electron chi connectivity index (χ3n) is 2.23. The second-order valence-corrected chi connectivity index (χ2v) is 3.38. The molecule has 0 radical (unpaired) electrons. The molecule has 0 heterocycles. The average molecular weight is 170 g/mol. The van der Waals surface area contributed by atoms with Crippen molar-refractivity contribution in [3.63, 3.8) is 0 Å². The lowest BCUT2D eigenvalue weighted by Gasteiger charge is -2.24. The Kier molecular flexibility index (Phi) is 2.84. The predicted octanol–water partition coefficient (Wildman–Crippen LogP) is 1.31. The van der Waals surface area contributed by atoms with Gasteiger partial charge in [0.15, 0.2) is 0 Å². The number of hydrogen-bond donors (Lipinski definition) is 0. The zero-order valence-electron chi connectivity index (χ0n) is 7.50. The Morgan fingerprint density at radius 2 is 2.17 bits per heavy atom. The molecule has 2 atom stereocenters. The van der Waals surface area contributed by atoms with Gasteiger partial charge in [-0.2, -0.15) is 0 Å². The number of esters is 1. The first-order valence-electron chi connectivity index (χ1n) is 4.29. The number of carbonyl (C=O) groups is 2. The van der Waals surface area contributed by atoms with Crippen molar-refractivity contribution in [3.8, 4) is 0 Å². The van der Waals surface area contributed by atoms with E-state index in [1.165, 1.54) is 6.92 Å². The van der Waals surface area contributed by atoms with Crippen LogP contribution in [0, 0.1) is 5.92 Å². The first-order valence-corrected chi connectivity index (χ1v) is 4.29. The van der Waals surface area contributed by atoms with Crippen molar-refractivity contribution < 1.29 is 14.3 Å². The highest BCUT2D eigenvalue weighted by Gasteiger charge is 2.26. The van der Waals surface area contributed by atoms with Gasteiger partial charge in [0.2, 0.25) is 0 Å². The summed E-state index contributed by atoms with van der Waals surface area (Å²) in [5.41, 5.74) is 0. The standard InChI is InChI=1S/C9H14O3/c1-6-3-4-8(5-9(6)11)12-7(2)10/h6,8H,3-5H2,1-2H3/t6-,8-/m0/s1. The summed E-state index contributed by atoms with van der Waals surface area (Å²) in [6, 6.07) is 0. The van der Waals surface area contributed by atoms with E-state index in [1.807, 2.05) is 6.92 Å². The van der Waals surface area contributed by atoms with E-state index in [2.05, 4.69) is 0 Å². The topological polar surface area (TPSA) is 43.4 Å². The molecular weight excluding hydrogens is 156 g/mol. The molecule has 1 aliphatic rings. The Bertz CT molecular complexity index is 198. The van der Waals surface area contributed by atoms with Gasteiger partial charge in [0.1, 0.15) is 11.9 Å². The monoisotopic (exact) mass is 170 g/mol. The molecule has 0 spiro atoms. The van der Waals surface area contributed by atoms with Crippen LogP contribution in [0.2, 0.25) is 0 Å². The SMILES string of the molecule is CC(=O)O[C@H]1CC[C@H](C)C(=O)C1. The number of ether oxygens (including phenoxy) is 1. The van der Waals surface area contributed by atoms with Gasteiger partial charge in [-0.05, 0) is 12.8 Å². The molecule has 1 aliphatic carbocycles. The highest BCUT2D eigenvalue weighted by molar-refractivity contribution is 5.82. The summed E-state index contributed by atoms with van der Waals surface area (Å²) in [4.78, 5) is 21.8. The molecule has 3 heteroatoms. The van der Waals surface area contributed by atoms with Crippen molar-refractivity contribution in [1.82, 2.24) is 0 Å². The maximum absolute atomic E-state index is 11.2. The number of rotatable bonds is 1. The average Bonchev–Trinajstić information content (AvgIpc) is 1.96. The quantitative estimate of drug-likeness (QED) is 0.557. The minimum absolute atomic E-state index is 0.150. The molecule has 1 saturated carbocycles. The van der Waals surface area contributed by atoms with Crippen LogP contribution in [-0.4, -0.2) is 17.9 Å².